The molecule has 1 aromatic rings. The molecule has 0 spiro atoms. The van der Waals surface area contributed by atoms with Crippen molar-refractivity contribution in [3.05, 3.63) is 34.9 Å². The number of carbonyl (C=O) groups excluding carboxylic acids is 4. The maximum atomic E-state index is 12.8. The second kappa shape index (κ2) is 25.4. The molecule has 410 valence electrons. The van der Waals surface area contributed by atoms with Crippen LogP contribution in [-0.2, 0) is 32.3 Å². The SMILES string of the molecule is C.CB(O)C1CCCN1C(=O)C(N)C1(C)CC1.CB(O)C1CCCN1C(=O)C1NCCC1(C)C.CB(O)C1CCCN1C(=O)C1NCCCC1(C)C.Cc1ccc2c(c1)CN(C(=O)C(N)C1(C)CCCCC1)C2. The van der Waals surface area contributed by atoms with E-state index in [9.17, 15) is 34.3 Å². The predicted molar refractivity (Wildman–Crippen MR) is 297 cm³/mol. The van der Waals surface area contributed by atoms with E-state index in [2.05, 4.69) is 77.3 Å². The van der Waals surface area contributed by atoms with E-state index in [1.165, 1.54) is 36.0 Å². The number of aryl methyl sites for hydroxylation is 1. The number of nitrogens with zero attached hydrogens (tertiary/aromatic N) is 4. The molecule has 8 aliphatic rings. The van der Waals surface area contributed by atoms with Gasteiger partial charge in [0.05, 0.1) is 24.2 Å². The summed E-state index contributed by atoms with van der Waals surface area (Å²) in [6.45, 7) is 24.6. The van der Waals surface area contributed by atoms with E-state index in [1.807, 2.05) is 14.7 Å². The van der Waals surface area contributed by atoms with Crippen molar-refractivity contribution >= 4 is 44.4 Å². The standard InChI is InChI=1S/C18H26N2O.C13H25BN2O2.C12H23BN2O2.C11H21BN2O2.CH4/c1-13-6-7-14-11-20(12-15(14)10-13)17(21)16(19)18(2)8-4-3-5-9-18;1-13(2)7-5-8-15-11(13)12(17)16-9-4-6-10(16)14(3)18;1-12(2)6-7-14-10(12)11(16)15-8-4-5-9(15)13(3)17;1-11(5-6-11)9(13)10(15)14-7-3-4-8(14)12(2)16;/h6-7,10,16H,3-5,8-9,11-12,19H2,1-2H3;10-11,15,18H,4-9H2,1-3H3;9-10,14,17H,4-8H2,1-3H3;8-9,16H,3-7,13H2,1-2H3;1H4. The number of nitrogens with one attached hydrogen (secondary N) is 2. The van der Waals surface area contributed by atoms with E-state index in [1.54, 1.807) is 25.4 Å². The number of hydrogen-bond donors (Lipinski definition) is 7. The molecular formula is C55H99B3N8O7. The number of carbonyl (C=O) groups is 4. The molecule has 1 aromatic carbocycles. The van der Waals surface area contributed by atoms with Crippen LogP contribution in [0.4, 0.5) is 0 Å². The van der Waals surface area contributed by atoms with Gasteiger partial charge in [-0.3, -0.25) is 19.2 Å². The molecule has 6 aliphatic heterocycles. The number of benzene rings is 1. The first-order valence-corrected chi connectivity index (χ1v) is 28.1. The average Bonchev–Trinajstić information content (AvgIpc) is 4.02. The first-order valence-electron chi connectivity index (χ1n) is 28.1. The fourth-order valence-electron chi connectivity index (χ4n) is 12.9. The average molecular weight is 1020 g/mol. The summed E-state index contributed by atoms with van der Waals surface area (Å²) >= 11 is 0. The zero-order valence-corrected chi connectivity index (χ0v) is 46.2. The van der Waals surface area contributed by atoms with Crippen LogP contribution in [0.2, 0.25) is 20.5 Å². The number of amides is 4. The lowest BCUT2D eigenvalue weighted by Crippen LogP contribution is -2.58. The number of likely N-dealkylation sites (tertiary alicyclic amines) is 3. The van der Waals surface area contributed by atoms with Gasteiger partial charge >= 0.3 is 20.7 Å². The van der Waals surface area contributed by atoms with Gasteiger partial charge in [0, 0.05) is 50.5 Å². The van der Waals surface area contributed by atoms with Gasteiger partial charge in [-0.1, -0.05) is 112 Å². The van der Waals surface area contributed by atoms with E-state index in [4.69, 9.17) is 11.5 Å². The first kappa shape index (κ1) is 60.9. The van der Waals surface area contributed by atoms with Gasteiger partial charge in [-0.2, -0.15) is 0 Å². The van der Waals surface area contributed by atoms with Crippen LogP contribution in [0, 0.1) is 28.6 Å². The van der Waals surface area contributed by atoms with Gasteiger partial charge in [-0.15, -0.1) is 0 Å². The summed E-state index contributed by atoms with van der Waals surface area (Å²) < 4.78 is 0. The van der Waals surface area contributed by atoms with Crippen LogP contribution in [0.15, 0.2) is 18.2 Å². The molecule has 7 atom stereocenters. The van der Waals surface area contributed by atoms with Gasteiger partial charge < -0.3 is 56.8 Å². The third kappa shape index (κ3) is 14.5. The Morgan fingerprint density at radius 2 is 1.01 bits per heavy atom. The Bertz CT molecular complexity index is 2020. The first-order chi connectivity index (χ1) is 33.8. The molecule has 5 saturated heterocycles. The molecule has 73 heavy (non-hydrogen) atoms. The minimum Gasteiger partial charge on any atom is -0.449 e. The van der Waals surface area contributed by atoms with Crippen molar-refractivity contribution in [2.24, 2.45) is 33.1 Å². The highest BCUT2D eigenvalue weighted by atomic mass is 16.2. The fraction of sp³-hybridized carbons (Fsp3) is 0.818. The normalized spacial score (nSPS) is 27.8. The number of nitrogens with two attached hydrogens (primary N) is 2. The van der Waals surface area contributed by atoms with E-state index in [0.717, 1.165) is 129 Å². The molecule has 15 nitrogen and oxygen atoms in total. The summed E-state index contributed by atoms with van der Waals surface area (Å²) in [4.78, 5) is 57.8. The highest BCUT2D eigenvalue weighted by Crippen LogP contribution is 2.48. The summed E-state index contributed by atoms with van der Waals surface area (Å²) in [6.07, 6.45) is 17.0. The van der Waals surface area contributed by atoms with E-state index >= 15 is 0 Å². The lowest BCUT2D eigenvalue weighted by atomic mass is 9.62. The molecule has 2 saturated carbocycles. The summed E-state index contributed by atoms with van der Waals surface area (Å²) in [6, 6.07) is 5.55. The van der Waals surface area contributed by atoms with Crippen LogP contribution >= 0.6 is 0 Å². The van der Waals surface area contributed by atoms with Crippen LogP contribution in [0.25, 0.3) is 0 Å². The minimum atomic E-state index is -0.453. The molecule has 2 aliphatic carbocycles. The predicted octanol–water partition coefficient (Wildman–Crippen LogP) is 5.46. The second-order valence-electron chi connectivity index (χ2n) is 25.3. The van der Waals surface area contributed by atoms with Crippen molar-refractivity contribution in [1.82, 2.24) is 30.2 Å². The molecule has 7 fully saturated rings. The second-order valence-corrected chi connectivity index (χ2v) is 25.3. The van der Waals surface area contributed by atoms with Crippen molar-refractivity contribution in [3.8, 4) is 0 Å². The summed E-state index contributed by atoms with van der Waals surface area (Å²) in [7, 11) is 0. The lowest BCUT2D eigenvalue weighted by molar-refractivity contribution is -0.137. The van der Waals surface area contributed by atoms with E-state index < -0.39 is 20.7 Å². The zero-order chi connectivity index (χ0) is 52.9. The molecule has 7 unspecified atom stereocenters. The van der Waals surface area contributed by atoms with Crippen molar-refractivity contribution in [2.75, 3.05) is 32.7 Å². The summed E-state index contributed by atoms with van der Waals surface area (Å²) in [5.74, 6) is 0.522. The van der Waals surface area contributed by atoms with Crippen LogP contribution in [0.3, 0.4) is 0 Å². The molecule has 0 radical (unpaired) electrons. The molecule has 18 heteroatoms. The van der Waals surface area contributed by atoms with Gasteiger partial charge in [-0.05, 0) is 136 Å². The highest BCUT2D eigenvalue weighted by Gasteiger charge is 2.50. The molecule has 0 aromatic heterocycles. The number of fused-ring (bicyclic) bond motifs is 1. The molecule has 6 heterocycles. The van der Waals surface area contributed by atoms with Gasteiger partial charge in [0.1, 0.15) is 0 Å². The van der Waals surface area contributed by atoms with Crippen LogP contribution < -0.4 is 22.1 Å². The third-order valence-corrected chi connectivity index (χ3v) is 18.4. The Morgan fingerprint density at radius 1 is 0.575 bits per heavy atom. The third-order valence-electron chi connectivity index (χ3n) is 18.4. The molecule has 4 amide bonds. The Morgan fingerprint density at radius 3 is 1.48 bits per heavy atom. The number of rotatable bonds is 9. The van der Waals surface area contributed by atoms with Crippen LogP contribution in [0.1, 0.15) is 168 Å². The van der Waals surface area contributed by atoms with Crippen molar-refractivity contribution < 1.29 is 34.3 Å². The zero-order valence-electron chi connectivity index (χ0n) is 46.2. The van der Waals surface area contributed by atoms with Crippen molar-refractivity contribution in [1.29, 1.82) is 0 Å². The smallest absolute Gasteiger partial charge is 0.309 e. The Kier molecular flexibility index (Phi) is 21.2. The van der Waals surface area contributed by atoms with Gasteiger partial charge in [-0.25, -0.2) is 0 Å². The van der Waals surface area contributed by atoms with Crippen LogP contribution in [-0.4, -0.2) is 154 Å². The minimum absolute atomic E-state index is 0. The quantitative estimate of drug-likeness (QED) is 0.154. The van der Waals surface area contributed by atoms with E-state index in [0.29, 0.717) is 0 Å². The Labute approximate surface area is 442 Å². The monoisotopic (exact) mass is 1020 g/mol. The Balaban J connectivity index is 0.000000181. The van der Waals surface area contributed by atoms with Gasteiger partial charge in [0.2, 0.25) is 23.6 Å². The summed E-state index contributed by atoms with van der Waals surface area (Å²) in [5, 5.41) is 35.8. The largest absolute Gasteiger partial charge is 0.449 e. The van der Waals surface area contributed by atoms with Crippen molar-refractivity contribution in [3.63, 3.8) is 0 Å². The van der Waals surface area contributed by atoms with Crippen molar-refractivity contribution in [2.45, 2.75) is 234 Å². The molecule has 9 N–H and O–H groups in total. The lowest BCUT2D eigenvalue weighted by Gasteiger charge is -2.41. The van der Waals surface area contributed by atoms with Gasteiger partial charge in [0.15, 0.2) is 0 Å². The fourth-order valence-corrected chi connectivity index (χ4v) is 12.9. The molecular weight excluding hydrogens is 917 g/mol. The maximum absolute atomic E-state index is 12.8. The van der Waals surface area contributed by atoms with E-state index in [-0.39, 0.29) is 94.7 Å². The molecule has 9 rings (SSSR count). The number of piperidine rings is 1. The topological polar surface area (TPSA) is 218 Å². The molecule has 0 bridgehead atoms. The van der Waals surface area contributed by atoms with Crippen LogP contribution in [0.5, 0.6) is 0 Å². The maximum Gasteiger partial charge on any atom is 0.309 e. The summed E-state index contributed by atoms with van der Waals surface area (Å²) in [5.41, 5.74) is 16.3. The van der Waals surface area contributed by atoms with Gasteiger partial charge in [0.25, 0.3) is 0 Å². The highest BCUT2D eigenvalue weighted by molar-refractivity contribution is 6.51. The number of hydrogen-bond acceptors (Lipinski definition) is 11. The Hall–Kier alpha value is -2.99.